The van der Waals surface area contributed by atoms with E-state index in [1.165, 1.54) is 0 Å². The summed E-state index contributed by atoms with van der Waals surface area (Å²) in [6.07, 6.45) is 1.49. The van der Waals surface area contributed by atoms with Crippen molar-refractivity contribution >= 4 is 0 Å². The predicted molar refractivity (Wildman–Crippen MR) is 80.5 cm³/mol. The van der Waals surface area contributed by atoms with Crippen molar-refractivity contribution in [2.75, 3.05) is 6.61 Å². The molecule has 0 fully saturated rings. The van der Waals surface area contributed by atoms with E-state index < -0.39 is 0 Å². The Kier molecular flexibility index (Phi) is 5.59. The third-order valence-corrected chi connectivity index (χ3v) is 3.21. The Morgan fingerprint density at radius 2 is 1.85 bits per heavy atom. The maximum Gasteiger partial charge on any atom is 0.120 e. The van der Waals surface area contributed by atoms with E-state index in [0.717, 1.165) is 29.7 Å². The number of hydrogen-bond donors (Lipinski definition) is 2. The molecule has 3 N–H and O–H groups in total. The van der Waals surface area contributed by atoms with Crippen LogP contribution in [0.5, 0.6) is 5.75 Å². The maximum atomic E-state index is 8.85. The van der Waals surface area contributed by atoms with Crippen LogP contribution in [0.1, 0.15) is 30.0 Å². The van der Waals surface area contributed by atoms with Crippen molar-refractivity contribution in [1.29, 1.82) is 0 Å². The summed E-state index contributed by atoms with van der Waals surface area (Å²) in [4.78, 5) is 0. The van der Waals surface area contributed by atoms with Gasteiger partial charge in [0.1, 0.15) is 12.4 Å². The first kappa shape index (κ1) is 14.6. The zero-order valence-corrected chi connectivity index (χ0v) is 11.5. The van der Waals surface area contributed by atoms with Gasteiger partial charge in [-0.3, -0.25) is 0 Å². The fourth-order valence-corrected chi connectivity index (χ4v) is 2.05. The van der Waals surface area contributed by atoms with Crippen LogP contribution in [-0.4, -0.2) is 11.7 Å². The number of ether oxygens (including phenoxy) is 1. The molecular weight excluding hydrogens is 250 g/mol. The summed E-state index contributed by atoms with van der Waals surface area (Å²) in [5.41, 5.74) is 8.28. The minimum atomic E-state index is -0.0533. The highest BCUT2D eigenvalue weighted by molar-refractivity contribution is 5.30. The van der Waals surface area contributed by atoms with Crippen LogP contribution in [0, 0.1) is 0 Å². The molecule has 0 aliphatic heterocycles. The summed E-state index contributed by atoms with van der Waals surface area (Å²) >= 11 is 0. The van der Waals surface area contributed by atoms with Crippen LogP contribution >= 0.6 is 0 Å². The highest BCUT2D eigenvalue weighted by Crippen LogP contribution is 2.21. The van der Waals surface area contributed by atoms with Crippen LogP contribution in [0.15, 0.2) is 54.6 Å². The number of benzene rings is 2. The molecule has 0 radical (unpaired) electrons. The highest BCUT2D eigenvalue weighted by Gasteiger charge is 2.06. The molecule has 1 atom stereocenters. The Bertz CT molecular complexity index is 513. The van der Waals surface area contributed by atoms with Crippen molar-refractivity contribution < 1.29 is 9.84 Å². The minimum Gasteiger partial charge on any atom is -0.489 e. The lowest BCUT2D eigenvalue weighted by Gasteiger charge is -2.13. The minimum absolute atomic E-state index is 0.0533. The summed E-state index contributed by atoms with van der Waals surface area (Å²) in [6, 6.07) is 17.9. The fourth-order valence-electron chi connectivity index (χ4n) is 2.05. The van der Waals surface area contributed by atoms with E-state index in [2.05, 4.69) is 0 Å². The molecule has 2 aromatic rings. The van der Waals surface area contributed by atoms with Crippen molar-refractivity contribution in [3.05, 3.63) is 65.7 Å². The van der Waals surface area contributed by atoms with Gasteiger partial charge in [0.2, 0.25) is 0 Å². The standard InChI is InChI=1S/C17H21NO2/c18-17(10-5-11-19)15-8-4-9-16(12-15)20-13-14-6-2-1-3-7-14/h1-4,6-9,12,17,19H,5,10-11,13,18H2/t17-/m0/s1. The van der Waals surface area contributed by atoms with E-state index in [1.807, 2.05) is 54.6 Å². The van der Waals surface area contributed by atoms with Gasteiger partial charge in [-0.05, 0) is 36.1 Å². The van der Waals surface area contributed by atoms with Crippen molar-refractivity contribution in [2.45, 2.75) is 25.5 Å². The second-order valence-electron chi connectivity index (χ2n) is 4.82. The lowest BCUT2D eigenvalue weighted by Crippen LogP contribution is -2.11. The second-order valence-corrected chi connectivity index (χ2v) is 4.82. The Labute approximate surface area is 120 Å². The van der Waals surface area contributed by atoms with Gasteiger partial charge in [-0.1, -0.05) is 42.5 Å². The third kappa shape index (κ3) is 4.37. The van der Waals surface area contributed by atoms with Crippen LogP contribution in [0.25, 0.3) is 0 Å². The lowest BCUT2D eigenvalue weighted by molar-refractivity contribution is 0.279. The molecule has 2 rings (SSSR count). The first-order chi connectivity index (χ1) is 9.79. The molecule has 0 unspecified atom stereocenters. The van der Waals surface area contributed by atoms with Crippen LogP contribution in [0.4, 0.5) is 0 Å². The van der Waals surface area contributed by atoms with Crippen LogP contribution < -0.4 is 10.5 Å². The second kappa shape index (κ2) is 7.68. The molecule has 0 aromatic heterocycles. The van der Waals surface area contributed by atoms with Crippen molar-refractivity contribution in [3.63, 3.8) is 0 Å². The number of hydrogen-bond acceptors (Lipinski definition) is 3. The molecule has 2 aromatic carbocycles. The lowest BCUT2D eigenvalue weighted by atomic mass is 10.0. The van der Waals surface area contributed by atoms with Gasteiger partial charge in [-0.15, -0.1) is 0 Å². The van der Waals surface area contributed by atoms with E-state index in [9.17, 15) is 0 Å². The smallest absolute Gasteiger partial charge is 0.120 e. The van der Waals surface area contributed by atoms with E-state index in [1.54, 1.807) is 0 Å². The topological polar surface area (TPSA) is 55.5 Å². The first-order valence-corrected chi connectivity index (χ1v) is 6.92. The molecule has 0 saturated carbocycles. The zero-order valence-electron chi connectivity index (χ0n) is 11.5. The van der Waals surface area contributed by atoms with Crippen molar-refractivity contribution in [1.82, 2.24) is 0 Å². The molecule has 20 heavy (non-hydrogen) atoms. The molecule has 0 bridgehead atoms. The van der Waals surface area contributed by atoms with Gasteiger partial charge in [0.15, 0.2) is 0 Å². The SMILES string of the molecule is N[C@@H](CCCO)c1cccc(OCc2ccccc2)c1. The van der Waals surface area contributed by atoms with Gasteiger partial charge in [-0.25, -0.2) is 0 Å². The van der Waals surface area contributed by atoms with E-state index in [-0.39, 0.29) is 12.6 Å². The molecule has 0 saturated heterocycles. The Hall–Kier alpha value is -1.84. The average Bonchev–Trinajstić information content (AvgIpc) is 2.52. The van der Waals surface area contributed by atoms with Crippen LogP contribution in [0.3, 0.4) is 0 Å². The van der Waals surface area contributed by atoms with Gasteiger partial charge < -0.3 is 15.6 Å². The van der Waals surface area contributed by atoms with Gasteiger partial charge in [0.05, 0.1) is 0 Å². The molecule has 0 amide bonds. The number of nitrogens with two attached hydrogens (primary N) is 1. The Balaban J connectivity index is 1.95. The summed E-state index contributed by atoms with van der Waals surface area (Å²) in [5.74, 6) is 0.825. The molecular formula is C17H21NO2. The highest BCUT2D eigenvalue weighted by atomic mass is 16.5. The average molecular weight is 271 g/mol. The monoisotopic (exact) mass is 271 g/mol. The quantitative estimate of drug-likeness (QED) is 0.814. The fraction of sp³-hybridized carbons (Fsp3) is 0.294. The van der Waals surface area contributed by atoms with E-state index in [4.69, 9.17) is 15.6 Å². The first-order valence-electron chi connectivity index (χ1n) is 6.92. The zero-order chi connectivity index (χ0) is 14.2. The van der Waals surface area contributed by atoms with Crippen LogP contribution in [0.2, 0.25) is 0 Å². The molecule has 0 heterocycles. The largest absolute Gasteiger partial charge is 0.489 e. The van der Waals surface area contributed by atoms with E-state index >= 15 is 0 Å². The van der Waals surface area contributed by atoms with E-state index in [0.29, 0.717) is 6.61 Å². The summed E-state index contributed by atoms with van der Waals surface area (Å²) in [5, 5.41) is 8.85. The predicted octanol–water partition coefficient (Wildman–Crippen LogP) is 3.04. The summed E-state index contributed by atoms with van der Waals surface area (Å²) in [6.45, 7) is 0.730. The molecule has 106 valence electrons. The third-order valence-electron chi connectivity index (χ3n) is 3.21. The van der Waals surface area contributed by atoms with Gasteiger partial charge in [-0.2, -0.15) is 0 Å². The molecule has 0 aliphatic rings. The Morgan fingerprint density at radius 1 is 1.05 bits per heavy atom. The maximum absolute atomic E-state index is 8.85. The number of aliphatic hydroxyl groups is 1. The number of rotatable bonds is 7. The van der Waals surface area contributed by atoms with Gasteiger partial charge in [0, 0.05) is 12.6 Å². The molecule has 0 aliphatic carbocycles. The van der Waals surface area contributed by atoms with Gasteiger partial charge >= 0.3 is 0 Å². The van der Waals surface area contributed by atoms with Gasteiger partial charge in [0.25, 0.3) is 0 Å². The molecule has 3 heteroatoms. The normalized spacial score (nSPS) is 12.1. The molecule has 3 nitrogen and oxygen atoms in total. The van der Waals surface area contributed by atoms with Crippen LogP contribution in [-0.2, 0) is 6.61 Å². The van der Waals surface area contributed by atoms with Crippen molar-refractivity contribution in [3.8, 4) is 5.75 Å². The Morgan fingerprint density at radius 3 is 2.60 bits per heavy atom. The van der Waals surface area contributed by atoms with Crippen molar-refractivity contribution in [2.24, 2.45) is 5.73 Å². The molecule has 0 spiro atoms. The summed E-state index contributed by atoms with van der Waals surface area (Å²) in [7, 11) is 0. The summed E-state index contributed by atoms with van der Waals surface area (Å²) < 4.78 is 5.78. The number of aliphatic hydroxyl groups excluding tert-OH is 1.